The van der Waals surface area contributed by atoms with Crippen LogP contribution >= 0.6 is 0 Å². The Kier molecular flexibility index (Phi) is 5.18. The first kappa shape index (κ1) is 15.8. The molecule has 3 heteroatoms. The zero-order valence-electron chi connectivity index (χ0n) is 13.3. The molecule has 0 unspecified atom stereocenters. The Morgan fingerprint density at radius 1 is 1.33 bits per heavy atom. The van der Waals surface area contributed by atoms with E-state index in [1.54, 1.807) is 6.08 Å². The second-order valence-electron chi connectivity index (χ2n) is 6.20. The highest BCUT2D eigenvalue weighted by atomic mass is 16.5. The predicted molar refractivity (Wildman–Crippen MR) is 84.9 cm³/mol. The van der Waals surface area contributed by atoms with Crippen molar-refractivity contribution < 1.29 is 9.53 Å². The van der Waals surface area contributed by atoms with E-state index in [-0.39, 0.29) is 11.5 Å². The summed E-state index contributed by atoms with van der Waals surface area (Å²) < 4.78 is 5.01. The van der Waals surface area contributed by atoms with Crippen LogP contribution in [0.1, 0.15) is 39.2 Å². The molecule has 1 aromatic carbocycles. The number of likely N-dealkylation sites (tertiary alicyclic amines) is 1. The third kappa shape index (κ3) is 4.43. The van der Waals surface area contributed by atoms with Crippen LogP contribution in [0.5, 0.6) is 0 Å². The molecule has 0 bridgehead atoms. The van der Waals surface area contributed by atoms with Gasteiger partial charge in [0.15, 0.2) is 0 Å². The van der Waals surface area contributed by atoms with Crippen LogP contribution < -0.4 is 0 Å². The summed E-state index contributed by atoms with van der Waals surface area (Å²) in [6, 6.07) is 10.5. The zero-order chi connectivity index (χ0) is 15.3. The van der Waals surface area contributed by atoms with Crippen molar-refractivity contribution in [2.45, 2.75) is 45.7 Å². The van der Waals surface area contributed by atoms with Gasteiger partial charge in [0, 0.05) is 24.7 Å². The van der Waals surface area contributed by atoms with E-state index >= 15 is 0 Å². The number of ether oxygens (including phenoxy) is 1. The molecule has 3 nitrogen and oxygen atoms in total. The first-order valence-corrected chi connectivity index (χ1v) is 7.66. The number of benzene rings is 1. The van der Waals surface area contributed by atoms with Gasteiger partial charge in [-0.15, -0.1) is 0 Å². The van der Waals surface area contributed by atoms with Gasteiger partial charge in [-0.25, -0.2) is 4.79 Å². The highest BCUT2D eigenvalue weighted by molar-refractivity contribution is 5.82. The monoisotopic (exact) mass is 287 g/mol. The minimum atomic E-state index is -0.209. The van der Waals surface area contributed by atoms with Crippen molar-refractivity contribution in [3.63, 3.8) is 0 Å². The van der Waals surface area contributed by atoms with Crippen LogP contribution in [0.4, 0.5) is 0 Å². The summed E-state index contributed by atoms with van der Waals surface area (Å²) in [5, 5.41) is 0. The third-order valence-corrected chi connectivity index (χ3v) is 4.04. The fourth-order valence-corrected chi connectivity index (χ4v) is 2.91. The summed E-state index contributed by atoms with van der Waals surface area (Å²) in [5.41, 5.74) is 2.60. The molecule has 0 aliphatic carbocycles. The molecule has 114 valence electrons. The van der Waals surface area contributed by atoms with Crippen LogP contribution in [0, 0.1) is 0 Å². The maximum absolute atomic E-state index is 11.6. The molecule has 0 amide bonds. The van der Waals surface area contributed by atoms with Crippen molar-refractivity contribution >= 4 is 5.97 Å². The zero-order valence-corrected chi connectivity index (χ0v) is 13.3. The average Bonchev–Trinajstić information content (AvgIpc) is 2.43. The van der Waals surface area contributed by atoms with E-state index in [1.807, 2.05) is 13.0 Å². The van der Waals surface area contributed by atoms with Crippen molar-refractivity contribution in [3.05, 3.63) is 47.5 Å². The lowest BCUT2D eigenvalue weighted by atomic mass is 9.86. The van der Waals surface area contributed by atoms with Gasteiger partial charge in [-0.1, -0.05) is 35.9 Å². The second-order valence-corrected chi connectivity index (χ2v) is 6.20. The summed E-state index contributed by atoms with van der Waals surface area (Å²) in [6.07, 6.45) is 3.54. The first-order valence-electron chi connectivity index (χ1n) is 7.66. The van der Waals surface area contributed by atoms with Gasteiger partial charge < -0.3 is 4.74 Å². The molecule has 0 radical (unpaired) electrons. The molecule has 21 heavy (non-hydrogen) atoms. The molecule has 1 heterocycles. The summed E-state index contributed by atoms with van der Waals surface area (Å²) >= 11 is 0. The Labute approximate surface area is 127 Å². The van der Waals surface area contributed by atoms with Gasteiger partial charge in [0.2, 0.25) is 0 Å². The molecule has 1 fully saturated rings. The molecule has 1 aliphatic heterocycles. The van der Waals surface area contributed by atoms with Gasteiger partial charge in [0.25, 0.3) is 0 Å². The summed E-state index contributed by atoms with van der Waals surface area (Å²) in [4.78, 5) is 14.1. The van der Waals surface area contributed by atoms with Gasteiger partial charge in [-0.2, -0.15) is 0 Å². The van der Waals surface area contributed by atoms with Crippen LogP contribution in [0.2, 0.25) is 0 Å². The molecule has 1 saturated heterocycles. The minimum absolute atomic E-state index is 0.0619. The molecule has 0 atom stereocenters. The van der Waals surface area contributed by atoms with E-state index in [0.29, 0.717) is 6.61 Å². The highest BCUT2D eigenvalue weighted by Gasteiger charge is 2.32. The molecule has 0 N–H and O–H groups in total. The van der Waals surface area contributed by atoms with Gasteiger partial charge in [0.1, 0.15) is 0 Å². The van der Waals surface area contributed by atoms with E-state index in [2.05, 4.69) is 43.0 Å². The van der Waals surface area contributed by atoms with Crippen LogP contribution in [0.25, 0.3) is 0 Å². The first-order chi connectivity index (χ1) is 10.0. The fraction of sp³-hybridized carbons (Fsp3) is 0.500. The molecule has 2 rings (SSSR count). The van der Waals surface area contributed by atoms with Gasteiger partial charge >= 0.3 is 5.97 Å². The molecule has 0 saturated carbocycles. The average molecular weight is 287 g/mol. The van der Waals surface area contributed by atoms with Crippen LogP contribution in [0.15, 0.2) is 42.0 Å². The molecular weight excluding hydrogens is 262 g/mol. The maximum atomic E-state index is 11.6. The number of rotatable bonds is 4. The van der Waals surface area contributed by atoms with E-state index in [9.17, 15) is 4.79 Å². The standard InChI is InChI=1S/C18H25NO2/c1-4-21-17(20)12-16-10-11-19(18(2,3)13-16)14-15-8-6-5-7-9-15/h5-9,12H,4,10-11,13-14H2,1-3H3/b16-12-. The third-order valence-electron chi connectivity index (χ3n) is 4.04. The topological polar surface area (TPSA) is 29.5 Å². The molecule has 0 aromatic heterocycles. The number of esters is 1. The smallest absolute Gasteiger partial charge is 0.330 e. The van der Waals surface area contributed by atoms with Crippen LogP contribution in [0.3, 0.4) is 0 Å². The van der Waals surface area contributed by atoms with E-state index in [4.69, 9.17) is 4.74 Å². The second kappa shape index (κ2) is 6.90. The van der Waals surface area contributed by atoms with Crippen LogP contribution in [-0.2, 0) is 16.1 Å². The summed E-state index contributed by atoms with van der Waals surface area (Å²) in [5.74, 6) is -0.209. The largest absolute Gasteiger partial charge is 0.463 e. The minimum Gasteiger partial charge on any atom is -0.463 e. The Hall–Kier alpha value is -1.61. The Balaban J connectivity index is 2.01. The van der Waals surface area contributed by atoms with Crippen LogP contribution in [-0.4, -0.2) is 29.6 Å². The van der Waals surface area contributed by atoms with E-state index in [1.165, 1.54) is 11.1 Å². The molecule has 0 spiro atoms. The predicted octanol–water partition coefficient (Wildman–Crippen LogP) is 3.55. The highest BCUT2D eigenvalue weighted by Crippen LogP contribution is 2.32. The Morgan fingerprint density at radius 2 is 2.05 bits per heavy atom. The quantitative estimate of drug-likeness (QED) is 0.626. The fourth-order valence-electron chi connectivity index (χ4n) is 2.91. The van der Waals surface area contributed by atoms with Gasteiger partial charge in [-0.3, -0.25) is 4.90 Å². The molecule has 1 aliphatic rings. The van der Waals surface area contributed by atoms with Gasteiger partial charge in [0.05, 0.1) is 6.61 Å². The lowest BCUT2D eigenvalue weighted by molar-refractivity contribution is -0.137. The lowest BCUT2D eigenvalue weighted by Crippen LogP contribution is -2.47. The van der Waals surface area contributed by atoms with Crippen molar-refractivity contribution in [1.29, 1.82) is 0 Å². The van der Waals surface area contributed by atoms with Crippen molar-refractivity contribution in [2.24, 2.45) is 0 Å². The Bertz CT molecular complexity index is 505. The normalized spacial score (nSPS) is 20.4. The number of hydrogen-bond donors (Lipinski definition) is 0. The lowest BCUT2D eigenvalue weighted by Gasteiger charge is -2.43. The van der Waals surface area contributed by atoms with Crippen molar-refractivity contribution in [2.75, 3.05) is 13.2 Å². The van der Waals surface area contributed by atoms with E-state index in [0.717, 1.165) is 25.9 Å². The van der Waals surface area contributed by atoms with Gasteiger partial charge in [-0.05, 0) is 39.2 Å². The van der Waals surface area contributed by atoms with Crippen molar-refractivity contribution in [3.8, 4) is 0 Å². The SMILES string of the molecule is CCOC(=O)/C=C1/CCN(Cc2ccccc2)C(C)(C)C1. The molecular formula is C18H25NO2. The number of carbonyl (C=O) groups excluding carboxylic acids is 1. The number of piperidine rings is 1. The number of nitrogens with zero attached hydrogens (tertiary/aromatic N) is 1. The maximum Gasteiger partial charge on any atom is 0.330 e. The number of hydrogen-bond acceptors (Lipinski definition) is 3. The van der Waals surface area contributed by atoms with E-state index < -0.39 is 0 Å². The Morgan fingerprint density at radius 3 is 2.67 bits per heavy atom. The number of carbonyl (C=O) groups is 1. The summed E-state index contributed by atoms with van der Waals surface area (Å²) in [6.45, 7) is 8.70. The summed E-state index contributed by atoms with van der Waals surface area (Å²) in [7, 11) is 0. The molecule has 1 aromatic rings. The van der Waals surface area contributed by atoms with Crippen molar-refractivity contribution in [1.82, 2.24) is 4.90 Å².